The molecular weight excluding hydrogens is 298 g/mol. The van der Waals surface area contributed by atoms with Crippen LogP contribution in [0.2, 0.25) is 0 Å². The fraction of sp³-hybridized carbons (Fsp3) is 0.294. The van der Waals surface area contributed by atoms with Gasteiger partial charge in [-0.05, 0) is 22.9 Å². The number of rotatable bonds is 6. The van der Waals surface area contributed by atoms with Crippen molar-refractivity contribution in [3.05, 3.63) is 58.3 Å². The van der Waals surface area contributed by atoms with Gasteiger partial charge in [-0.15, -0.1) is 11.3 Å². The highest BCUT2D eigenvalue weighted by atomic mass is 32.1. The zero-order valence-electron chi connectivity index (χ0n) is 12.6. The van der Waals surface area contributed by atoms with Crippen molar-refractivity contribution in [2.45, 2.75) is 26.5 Å². The quantitative estimate of drug-likeness (QED) is 0.823. The van der Waals surface area contributed by atoms with E-state index in [0.717, 1.165) is 5.56 Å². The van der Waals surface area contributed by atoms with Crippen molar-refractivity contribution in [2.75, 3.05) is 0 Å². The standard InChI is InChI=1S/C17H19NO3S/c1-12(2)15(16(19)14-9-6-10-22-14)18-17(20)21-11-13-7-4-3-5-8-13/h3-10,12,15H,11H2,1-2H3,(H,18,20). The van der Waals surface area contributed by atoms with E-state index < -0.39 is 12.1 Å². The Balaban J connectivity index is 1.93. The van der Waals surface area contributed by atoms with E-state index in [1.807, 2.05) is 55.6 Å². The van der Waals surface area contributed by atoms with Crippen LogP contribution in [0.3, 0.4) is 0 Å². The normalized spacial score (nSPS) is 12.0. The van der Waals surface area contributed by atoms with Crippen LogP contribution in [0.4, 0.5) is 4.79 Å². The minimum absolute atomic E-state index is 0.0149. The molecule has 0 aliphatic heterocycles. The first-order valence-corrected chi connectivity index (χ1v) is 8.01. The Morgan fingerprint density at radius 2 is 1.86 bits per heavy atom. The molecule has 5 heteroatoms. The van der Waals surface area contributed by atoms with Gasteiger partial charge in [0, 0.05) is 0 Å². The van der Waals surface area contributed by atoms with Gasteiger partial charge >= 0.3 is 6.09 Å². The maximum absolute atomic E-state index is 12.4. The number of ketones is 1. The molecule has 0 saturated heterocycles. The van der Waals surface area contributed by atoms with Gasteiger partial charge in [-0.25, -0.2) is 4.79 Å². The van der Waals surface area contributed by atoms with Gasteiger partial charge in [0.05, 0.1) is 10.9 Å². The van der Waals surface area contributed by atoms with Crippen LogP contribution in [0.15, 0.2) is 47.8 Å². The summed E-state index contributed by atoms with van der Waals surface area (Å²) in [6, 6.07) is 12.4. The minimum atomic E-state index is -0.582. The summed E-state index contributed by atoms with van der Waals surface area (Å²) in [6.45, 7) is 3.98. The molecule has 1 unspecified atom stereocenters. The van der Waals surface area contributed by atoms with Crippen LogP contribution >= 0.6 is 11.3 Å². The van der Waals surface area contributed by atoms with E-state index >= 15 is 0 Å². The van der Waals surface area contributed by atoms with E-state index in [-0.39, 0.29) is 18.3 Å². The number of nitrogens with one attached hydrogen (secondary N) is 1. The van der Waals surface area contributed by atoms with Crippen molar-refractivity contribution in [2.24, 2.45) is 5.92 Å². The average molecular weight is 317 g/mol. The third-order valence-corrected chi connectivity index (χ3v) is 4.08. The van der Waals surface area contributed by atoms with Crippen LogP contribution in [0, 0.1) is 5.92 Å². The molecule has 0 bridgehead atoms. The van der Waals surface area contributed by atoms with Gasteiger partial charge in [0.25, 0.3) is 0 Å². The summed E-state index contributed by atoms with van der Waals surface area (Å²) in [5, 5.41) is 4.52. The Morgan fingerprint density at radius 3 is 2.45 bits per heavy atom. The number of amides is 1. The topological polar surface area (TPSA) is 55.4 Å². The van der Waals surface area contributed by atoms with Gasteiger partial charge in [-0.3, -0.25) is 4.79 Å². The van der Waals surface area contributed by atoms with E-state index in [0.29, 0.717) is 4.88 Å². The van der Waals surface area contributed by atoms with Crippen molar-refractivity contribution >= 4 is 23.2 Å². The summed E-state index contributed by atoms with van der Waals surface area (Å²) in [7, 11) is 0. The summed E-state index contributed by atoms with van der Waals surface area (Å²) < 4.78 is 5.18. The van der Waals surface area contributed by atoms with Crippen LogP contribution in [0.5, 0.6) is 0 Å². The first kappa shape index (κ1) is 16.2. The van der Waals surface area contributed by atoms with Gasteiger partial charge in [0.1, 0.15) is 6.61 Å². The molecule has 0 fully saturated rings. The molecule has 2 rings (SSSR count). The molecule has 0 aliphatic rings. The van der Waals surface area contributed by atoms with E-state index in [1.165, 1.54) is 11.3 Å². The zero-order chi connectivity index (χ0) is 15.9. The molecule has 22 heavy (non-hydrogen) atoms. The lowest BCUT2D eigenvalue weighted by Crippen LogP contribution is -2.44. The molecule has 1 atom stereocenters. The first-order chi connectivity index (χ1) is 10.6. The lowest BCUT2D eigenvalue weighted by atomic mass is 9.99. The SMILES string of the molecule is CC(C)C(NC(=O)OCc1ccccc1)C(=O)c1cccs1. The average Bonchev–Trinajstić information content (AvgIpc) is 3.05. The molecule has 1 amide bonds. The van der Waals surface area contributed by atoms with Gasteiger partial charge < -0.3 is 10.1 Å². The molecule has 0 saturated carbocycles. The lowest BCUT2D eigenvalue weighted by Gasteiger charge is -2.20. The maximum atomic E-state index is 12.4. The van der Waals surface area contributed by atoms with Crippen molar-refractivity contribution in [1.29, 1.82) is 0 Å². The second-order valence-electron chi connectivity index (χ2n) is 5.27. The molecule has 1 aromatic heterocycles. The summed E-state index contributed by atoms with van der Waals surface area (Å²) >= 11 is 1.37. The molecule has 0 radical (unpaired) electrons. The van der Waals surface area contributed by atoms with Crippen LogP contribution in [0.1, 0.15) is 29.1 Å². The largest absolute Gasteiger partial charge is 0.445 e. The maximum Gasteiger partial charge on any atom is 0.408 e. The highest BCUT2D eigenvalue weighted by Gasteiger charge is 2.26. The molecule has 1 aromatic carbocycles. The Morgan fingerprint density at radius 1 is 1.14 bits per heavy atom. The van der Waals surface area contributed by atoms with Crippen LogP contribution < -0.4 is 5.32 Å². The number of Topliss-reactive ketones (excluding diaryl/α,β-unsaturated/α-hetero) is 1. The Kier molecular flexibility index (Phi) is 5.72. The van der Waals surface area contributed by atoms with Crippen molar-refractivity contribution in [1.82, 2.24) is 5.32 Å². The lowest BCUT2D eigenvalue weighted by molar-refractivity contribution is 0.0890. The minimum Gasteiger partial charge on any atom is -0.445 e. The molecule has 1 N–H and O–H groups in total. The highest BCUT2D eigenvalue weighted by Crippen LogP contribution is 2.15. The first-order valence-electron chi connectivity index (χ1n) is 7.13. The zero-order valence-corrected chi connectivity index (χ0v) is 13.4. The fourth-order valence-electron chi connectivity index (χ4n) is 2.00. The summed E-state index contributed by atoms with van der Waals surface area (Å²) in [6.07, 6.45) is -0.576. The third kappa shape index (κ3) is 4.43. The van der Waals surface area contributed by atoms with Gasteiger partial charge in [-0.2, -0.15) is 0 Å². The summed E-state index contributed by atoms with van der Waals surface area (Å²) in [5.41, 5.74) is 0.906. The van der Waals surface area contributed by atoms with Crippen LogP contribution in [0.25, 0.3) is 0 Å². The number of hydrogen-bond acceptors (Lipinski definition) is 4. The van der Waals surface area contributed by atoms with Crippen molar-refractivity contribution < 1.29 is 14.3 Å². The van der Waals surface area contributed by atoms with E-state index in [1.54, 1.807) is 6.07 Å². The molecular formula is C17H19NO3S. The molecule has 116 valence electrons. The summed E-state index contributed by atoms with van der Waals surface area (Å²) in [4.78, 5) is 25.0. The molecule has 0 aliphatic carbocycles. The number of hydrogen-bond donors (Lipinski definition) is 1. The number of alkyl carbamates (subject to hydrolysis) is 1. The molecule has 4 nitrogen and oxygen atoms in total. The molecule has 0 spiro atoms. The fourth-order valence-corrected chi connectivity index (χ4v) is 2.70. The van der Waals surface area contributed by atoms with E-state index in [4.69, 9.17) is 4.74 Å². The number of benzene rings is 1. The van der Waals surface area contributed by atoms with Gasteiger partial charge in [-0.1, -0.05) is 50.2 Å². The smallest absolute Gasteiger partial charge is 0.408 e. The van der Waals surface area contributed by atoms with Crippen molar-refractivity contribution in [3.63, 3.8) is 0 Å². The highest BCUT2D eigenvalue weighted by molar-refractivity contribution is 7.12. The van der Waals surface area contributed by atoms with Crippen LogP contribution in [-0.4, -0.2) is 17.9 Å². The third-order valence-electron chi connectivity index (χ3n) is 3.20. The van der Waals surface area contributed by atoms with E-state index in [2.05, 4.69) is 5.32 Å². The monoisotopic (exact) mass is 317 g/mol. The Bertz CT molecular complexity index is 608. The van der Waals surface area contributed by atoms with Gasteiger partial charge in [0.2, 0.25) is 0 Å². The number of thiophene rings is 1. The molecule has 2 aromatic rings. The van der Waals surface area contributed by atoms with Crippen molar-refractivity contribution in [3.8, 4) is 0 Å². The molecule has 1 heterocycles. The Labute approximate surface area is 134 Å². The number of ether oxygens (including phenoxy) is 1. The predicted octanol–water partition coefficient (Wildman–Crippen LogP) is 3.88. The number of carbonyl (C=O) groups is 2. The second kappa shape index (κ2) is 7.75. The second-order valence-corrected chi connectivity index (χ2v) is 6.22. The van der Waals surface area contributed by atoms with Gasteiger partial charge in [0.15, 0.2) is 5.78 Å². The summed E-state index contributed by atoms with van der Waals surface area (Å²) in [5.74, 6) is -0.0967. The predicted molar refractivity (Wildman–Crippen MR) is 87.0 cm³/mol. The van der Waals surface area contributed by atoms with Crippen LogP contribution in [-0.2, 0) is 11.3 Å². The van der Waals surface area contributed by atoms with E-state index in [9.17, 15) is 9.59 Å². The number of carbonyl (C=O) groups excluding carboxylic acids is 2. The Hall–Kier alpha value is -2.14.